The van der Waals surface area contributed by atoms with Gasteiger partial charge in [-0.3, -0.25) is 14.4 Å². The van der Waals surface area contributed by atoms with Gasteiger partial charge in [0.25, 0.3) is 17.4 Å². The van der Waals surface area contributed by atoms with E-state index in [-0.39, 0.29) is 23.1 Å². The lowest BCUT2D eigenvalue weighted by Crippen LogP contribution is -2.37. The van der Waals surface area contributed by atoms with E-state index in [0.29, 0.717) is 73.3 Å². The van der Waals surface area contributed by atoms with Crippen molar-refractivity contribution in [3.63, 3.8) is 0 Å². The van der Waals surface area contributed by atoms with Crippen molar-refractivity contribution in [2.75, 3.05) is 38.0 Å². The van der Waals surface area contributed by atoms with Crippen LogP contribution < -0.4 is 10.9 Å². The van der Waals surface area contributed by atoms with Crippen LogP contribution in [0.2, 0.25) is 0 Å². The molecule has 1 fully saturated rings. The van der Waals surface area contributed by atoms with Gasteiger partial charge in [-0.2, -0.15) is 5.10 Å². The third kappa shape index (κ3) is 5.24. The quantitative estimate of drug-likeness (QED) is 0.376. The summed E-state index contributed by atoms with van der Waals surface area (Å²) < 4.78 is 16.8. The Morgan fingerprint density at radius 1 is 1.00 bits per heavy atom. The Kier molecular flexibility index (Phi) is 7.44. The maximum atomic E-state index is 14.9. The normalized spacial score (nSPS) is 15.4. The molecule has 1 saturated heterocycles. The average Bonchev–Trinajstić information content (AvgIpc) is 3.27. The molecule has 6 rings (SSSR count). The summed E-state index contributed by atoms with van der Waals surface area (Å²) in [5.41, 5.74) is 4.59. The summed E-state index contributed by atoms with van der Waals surface area (Å²) in [5.74, 6) is -1.15. The Bertz CT molecular complexity index is 1730. The van der Waals surface area contributed by atoms with Crippen molar-refractivity contribution in [3.8, 4) is 0 Å². The summed E-state index contributed by atoms with van der Waals surface area (Å²) in [5, 5.41) is 18.5. The number of amides is 2. The smallest absolute Gasteiger partial charge is 0.269 e. The highest BCUT2D eigenvalue weighted by Gasteiger charge is 2.26. The van der Waals surface area contributed by atoms with Crippen LogP contribution in [0.3, 0.4) is 0 Å². The number of nitrogens with one attached hydrogen (secondary N) is 2. The van der Waals surface area contributed by atoms with Gasteiger partial charge in [0.05, 0.1) is 22.5 Å². The maximum absolute atomic E-state index is 14.9. The molecule has 2 aromatic carbocycles. The number of aromatic amines is 1. The molecule has 0 saturated carbocycles. The number of benzene rings is 2. The molecule has 2 N–H and O–H groups in total. The van der Waals surface area contributed by atoms with Crippen molar-refractivity contribution in [3.05, 3.63) is 80.5 Å². The first-order chi connectivity index (χ1) is 20.3. The van der Waals surface area contributed by atoms with Gasteiger partial charge >= 0.3 is 0 Å². The fraction of sp³-hybridized carbons (Fsp3) is 0.400. The summed E-state index contributed by atoms with van der Waals surface area (Å²) in [4.78, 5) is 42.4. The maximum Gasteiger partial charge on any atom is 0.269 e. The van der Waals surface area contributed by atoms with E-state index in [0.717, 1.165) is 24.2 Å². The van der Waals surface area contributed by atoms with Gasteiger partial charge in [0.1, 0.15) is 11.3 Å². The number of halogens is 1. The van der Waals surface area contributed by atoms with Crippen molar-refractivity contribution in [2.45, 2.75) is 45.6 Å². The monoisotopic (exact) mass is 572 g/mol. The van der Waals surface area contributed by atoms with Gasteiger partial charge in [0.2, 0.25) is 0 Å². The predicted molar refractivity (Wildman–Crippen MR) is 155 cm³/mol. The number of fused-ring (bicyclic) bond motifs is 2. The summed E-state index contributed by atoms with van der Waals surface area (Å²) in [6.07, 6.45) is 2.45. The third-order valence-electron chi connectivity index (χ3n) is 7.97. The predicted octanol–water partition coefficient (Wildman–Crippen LogP) is 3.17. The Balaban J connectivity index is 1.16. The second-order valence-corrected chi connectivity index (χ2v) is 11.1. The summed E-state index contributed by atoms with van der Waals surface area (Å²) in [6, 6.07) is 10.0. The van der Waals surface area contributed by atoms with E-state index in [4.69, 9.17) is 0 Å². The van der Waals surface area contributed by atoms with Gasteiger partial charge in [-0.25, -0.2) is 14.2 Å². The van der Waals surface area contributed by atoms with Crippen LogP contribution in [0.1, 0.15) is 70.3 Å². The molecule has 0 aliphatic carbocycles. The highest BCUT2D eigenvalue weighted by Crippen LogP contribution is 2.25. The van der Waals surface area contributed by atoms with Crippen molar-refractivity contribution < 1.29 is 14.0 Å². The van der Waals surface area contributed by atoms with Gasteiger partial charge in [0.15, 0.2) is 0 Å². The number of hydrogen-bond acceptors (Lipinski definition) is 7. The third-order valence-corrected chi connectivity index (χ3v) is 7.97. The first kappa shape index (κ1) is 27.6. The molecule has 0 atom stereocenters. The lowest BCUT2D eigenvalue weighted by molar-refractivity contribution is 0.0716. The van der Waals surface area contributed by atoms with E-state index in [1.165, 1.54) is 6.07 Å². The van der Waals surface area contributed by atoms with Gasteiger partial charge in [-0.15, -0.1) is 5.10 Å². The molecule has 0 unspecified atom stereocenters. The molecule has 218 valence electrons. The minimum Gasteiger partial charge on any atom is -0.383 e. The molecule has 0 bridgehead atoms. The minimum atomic E-state index is -0.599. The van der Waals surface area contributed by atoms with Crippen LogP contribution in [0, 0.1) is 5.82 Å². The number of carbonyl (C=O) groups excluding carboxylic acids is 2. The second kappa shape index (κ2) is 11.3. The average molecular weight is 573 g/mol. The SMILES string of the molecule is CC(C)n1nnc2cc(C(=O)N3CCCN(C(=O)c4cc(Cc5n[nH]c(=O)c6c5NCCC6)ccc4F)CC3)ccc21. The molecular formula is C30H33FN8O3. The van der Waals surface area contributed by atoms with Crippen LogP contribution >= 0.6 is 0 Å². The molecule has 4 aromatic rings. The molecule has 11 nitrogen and oxygen atoms in total. The molecule has 4 heterocycles. The first-order valence-corrected chi connectivity index (χ1v) is 14.4. The van der Waals surface area contributed by atoms with Crippen molar-refractivity contribution >= 4 is 28.5 Å². The van der Waals surface area contributed by atoms with E-state index < -0.39 is 11.7 Å². The van der Waals surface area contributed by atoms with E-state index >= 15 is 0 Å². The van der Waals surface area contributed by atoms with Crippen LogP contribution in [0.25, 0.3) is 11.0 Å². The molecule has 2 aliphatic rings. The molecule has 2 aromatic heterocycles. The van der Waals surface area contributed by atoms with Crippen LogP contribution in [-0.2, 0) is 12.8 Å². The fourth-order valence-electron chi connectivity index (χ4n) is 5.76. The Hall–Kier alpha value is -4.61. The lowest BCUT2D eigenvalue weighted by Gasteiger charge is -2.23. The van der Waals surface area contributed by atoms with Crippen LogP contribution in [0.15, 0.2) is 41.2 Å². The molecule has 2 amide bonds. The molecule has 12 heteroatoms. The van der Waals surface area contributed by atoms with Crippen LogP contribution in [0.5, 0.6) is 0 Å². The summed E-state index contributed by atoms with van der Waals surface area (Å²) in [7, 11) is 0. The number of aromatic nitrogens is 5. The number of H-pyrrole nitrogens is 1. The number of hydrogen-bond donors (Lipinski definition) is 2. The number of anilines is 1. The highest BCUT2D eigenvalue weighted by molar-refractivity contribution is 5.98. The highest BCUT2D eigenvalue weighted by atomic mass is 19.1. The topological polar surface area (TPSA) is 129 Å². The lowest BCUT2D eigenvalue weighted by atomic mass is 9.99. The van der Waals surface area contributed by atoms with Gasteiger partial charge < -0.3 is 15.1 Å². The Labute approximate surface area is 241 Å². The number of nitrogens with zero attached hydrogens (tertiary/aromatic N) is 6. The largest absolute Gasteiger partial charge is 0.383 e. The van der Waals surface area contributed by atoms with E-state index in [9.17, 15) is 18.8 Å². The van der Waals surface area contributed by atoms with Crippen molar-refractivity contribution in [1.82, 2.24) is 35.0 Å². The van der Waals surface area contributed by atoms with E-state index in [1.54, 1.807) is 34.1 Å². The van der Waals surface area contributed by atoms with E-state index in [1.807, 2.05) is 24.6 Å². The van der Waals surface area contributed by atoms with Gasteiger partial charge in [0, 0.05) is 56.3 Å². The van der Waals surface area contributed by atoms with Gasteiger partial charge in [-0.05, 0) is 69.0 Å². The van der Waals surface area contributed by atoms with E-state index in [2.05, 4.69) is 25.8 Å². The zero-order valence-corrected chi connectivity index (χ0v) is 23.7. The molecule has 2 aliphatic heterocycles. The molecule has 0 spiro atoms. The zero-order valence-electron chi connectivity index (χ0n) is 23.7. The van der Waals surface area contributed by atoms with Crippen molar-refractivity contribution in [2.24, 2.45) is 0 Å². The van der Waals surface area contributed by atoms with Crippen molar-refractivity contribution in [1.29, 1.82) is 0 Å². The zero-order chi connectivity index (χ0) is 29.4. The molecular weight excluding hydrogens is 539 g/mol. The number of carbonyl (C=O) groups is 2. The molecule has 42 heavy (non-hydrogen) atoms. The summed E-state index contributed by atoms with van der Waals surface area (Å²) >= 11 is 0. The van der Waals surface area contributed by atoms with Crippen LogP contribution in [-0.4, -0.2) is 79.5 Å². The Morgan fingerprint density at radius 3 is 2.57 bits per heavy atom. The Morgan fingerprint density at radius 2 is 1.79 bits per heavy atom. The standard InChI is InChI=1S/C30H33FN8O3/c1-18(2)39-26-9-7-20(17-24(26)34-36-39)29(41)37-11-4-12-38(14-13-37)30(42)22-15-19(6-8-23(22)31)16-25-27-21(5-3-10-32-27)28(40)35-33-25/h6-9,15,17-18,32H,3-5,10-14,16H2,1-2H3,(H,35,40). The fourth-order valence-corrected chi connectivity index (χ4v) is 5.76. The summed E-state index contributed by atoms with van der Waals surface area (Å²) in [6.45, 7) is 6.31. The van der Waals surface area contributed by atoms with Gasteiger partial charge in [-0.1, -0.05) is 11.3 Å². The molecule has 0 radical (unpaired) electrons. The van der Waals surface area contributed by atoms with Crippen LogP contribution in [0.4, 0.5) is 10.1 Å². The first-order valence-electron chi connectivity index (χ1n) is 14.4. The second-order valence-electron chi connectivity index (χ2n) is 11.1. The number of rotatable bonds is 5. The minimum absolute atomic E-state index is 0.0165.